The van der Waals surface area contributed by atoms with Crippen LogP contribution < -0.4 is 5.73 Å². The van der Waals surface area contributed by atoms with Crippen molar-refractivity contribution in [1.29, 1.82) is 0 Å². The molecule has 5 heteroatoms. The maximum atomic E-state index is 14.0. The molecule has 0 aliphatic carbocycles. The van der Waals surface area contributed by atoms with Crippen LogP contribution in [-0.4, -0.2) is 13.2 Å². The minimum absolute atomic E-state index is 0.0923. The second-order valence-electron chi connectivity index (χ2n) is 4.27. The van der Waals surface area contributed by atoms with Crippen LogP contribution in [0.1, 0.15) is 24.4 Å². The van der Waals surface area contributed by atoms with E-state index in [0.717, 1.165) is 19.4 Å². The van der Waals surface area contributed by atoms with Crippen molar-refractivity contribution in [2.24, 2.45) is 11.7 Å². The fourth-order valence-electron chi connectivity index (χ4n) is 2.10. The third kappa shape index (κ3) is 2.81. The second-order valence-corrected chi connectivity index (χ2v) is 5.50. The SMILES string of the molecule is NC(c1ccc(Br)c(Cl)c1F)C1CCCOC1. The zero-order chi connectivity index (χ0) is 12.4. The number of halogens is 3. The van der Waals surface area contributed by atoms with Gasteiger partial charge in [0.1, 0.15) is 5.82 Å². The van der Waals surface area contributed by atoms with E-state index >= 15 is 0 Å². The van der Waals surface area contributed by atoms with Crippen molar-refractivity contribution in [3.05, 3.63) is 33.0 Å². The predicted molar refractivity (Wildman–Crippen MR) is 69.6 cm³/mol. The molecular formula is C12H14BrClFNO. The van der Waals surface area contributed by atoms with Crippen molar-refractivity contribution in [2.75, 3.05) is 13.2 Å². The maximum absolute atomic E-state index is 14.0. The van der Waals surface area contributed by atoms with Gasteiger partial charge in [0.15, 0.2) is 0 Å². The minimum atomic E-state index is -0.431. The van der Waals surface area contributed by atoms with Crippen LogP contribution in [0.15, 0.2) is 16.6 Å². The number of benzene rings is 1. The fourth-order valence-corrected chi connectivity index (χ4v) is 2.58. The molecule has 1 aliphatic rings. The molecule has 2 N–H and O–H groups in total. The first-order valence-corrected chi connectivity index (χ1v) is 6.75. The molecule has 2 unspecified atom stereocenters. The van der Waals surface area contributed by atoms with Crippen LogP contribution >= 0.6 is 27.5 Å². The van der Waals surface area contributed by atoms with Crippen molar-refractivity contribution in [1.82, 2.24) is 0 Å². The van der Waals surface area contributed by atoms with Gasteiger partial charge in [0.2, 0.25) is 0 Å². The standard InChI is InChI=1S/C12H14BrClFNO/c13-9-4-3-8(11(15)10(9)14)12(16)7-2-1-5-17-6-7/h3-4,7,12H,1-2,5-6,16H2. The number of rotatable bonds is 2. The van der Waals surface area contributed by atoms with Crippen LogP contribution in [0.3, 0.4) is 0 Å². The lowest BCUT2D eigenvalue weighted by molar-refractivity contribution is 0.0443. The number of hydrogen-bond acceptors (Lipinski definition) is 2. The van der Waals surface area contributed by atoms with E-state index in [1.807, 2.05) is 0 Å². The van der Waals surface area contributed by atoms with E-state index in [0.29, 0.717) is 16.6 Å². The van der Waals surface area contributed by atoms with E-state index in [1.54, 1.807) is 12.1 Å². The highest BCUT2D eigenvalue weighted by Gasteiger charge is 2.25. The Morgan fingerprint density at radius 3 is 2.94 bits per heavy atom. The summed E-state index contributed by atoms with van der Waals surface area (Å²) in [5, 5.41) is 0.0923. The van der Waals surface area contributed by atoms with Gasteiger partial charge in [-0.05, 0) is 34.8 Å². The summed E-state index contributed by atoms with van der Waals surface area (Å²) in [6.45, 7) is 1.36. The lowest BCUT2D eigenvalue weighted by Crippen LogP contribution is -2.29. The van der Waals surface area contributed by atoms with Gasteiger partial charge >= 0.3 is 0 Å². The highest BCUT2D eigenvalue weighted by molar-refractivity contribution is 9.10. The molecule has 0 saturated carbocycles. The molecule has 0 radical (unpaired) electrons. The summed E-state index contributed by atoms with van der Waals surface area (Å²) in [5.74, 6) is -0.269. The Morgan fingerprint density at radius 1 is 1.53 bits per heavy atom. The molecule has 1 aliphatic heterocycles. The molecule has 1 aromatic rings. The third-order valence-corrected chi connectivity index (χ3v) is 4.39. The quantitative estimate of drug-likeness (QED) is 0.843. The van der Waals surface area contributed by atoms with E-state index in [-0.39, 0.29) is 17.0 Å². The Balaban J connectivity index is 2.24. The average Bonchev–Trinajstić information content (AvgIpc) is 2.36. The van der Waals surface area contributed by atoms with Gasteiger partial charge in [0.05, 0.1) is 11.6 Å². The van der Waals surface area contributed by atoms with Crippen LogP contribution in [-0.2, 0) is 4.74 Å². The van der Waals surface area contributed by atoms with Gasteiger partial charge in [-0.15, -0.1) is 0 Å². The molecule has 0 amide bonds. The van der Waals surface area contributed by atoms with Crippen LogP contribution in [0.4, 0.5) is 4.39 Å². The third-order valence-electron chi connectivity index (χ3n) is 3.13. The number of hydrogen-bond donors (Lipinski definition) is 1. The van der Waals surface area contributed by atoms with Gasteiger partial charge < -0.3 is 10.5 Å². The van der Waals surface area contributed by atoms with Crippen LogP contribution in [0.25, 0.3) is 0 Å². The normalized spacial score (nSPS) is 22.5. The Labute approximate surface area is 113 Å². The van der Waals surface area contributed by atoms with Crippen molar-refractivity contribution in [3.8, 4) is 0 Å². The highest BCUT2D eigenvalue weighted by atomic mass is 79.9. The van der Waals surface area contributed by atoms with Crippen LogP contribution in [0.5, 0.6) is 0 Å². The van der Waals surface area contributed by atoms with Crippen molar-refractivity contribution < 1.29 is 9.13 Å². The first kappa shape index (κ1) is 13.3. The lowest BCUT2D eigenvalue weighted by atomic mass is 9.89. The molecule has 1 saturated heterocycles. The molecule has 17 heavy (non-hydrogen) atoms. The van der Waals surface area contributed by atoms with E-state index < -0.39 is 5.82 Å². The summed E-state index contributed by atoms with van der Waals surface area (Å²) in [7, 11) is 0. The molecule has 94 valence electrons. The fraction of sp³-hybridized carbons (Fsp3) is 0.500. The van der Waals surface area contributed by atoms with E-state index in [9.17, 15) is 4.39 Å². The Bertz CT molecular complexity index is 410. The molecule has 2 nitrogen and oxygen atoms in total. The summed E-state index contributed by atoms with van der Waals surface area (Å²) >= 11 is 9.05. The van der Waals surface area contributed by atoms with Gasteiger partial charge in [0, 0.05) is 28.6 Å². The molecule has 0 aromatic heterocycles. The number of ether oxygens (including phenoxy) is 1. The average molecular weight is 323 g/mol. The van der Waals surface area contributed by atoms with E-state index in [2.05, 4.69) is 15.9 Å². The largest absolute Gasteiger partial charge is 0.381 e. The minimum Gasteiger partial charge on any atom is -0.381 e. The summed E-state index contributed by atoms with van der Waals surface area (Å²) in [6, 6.07) is 3.05. The molecule has 2 rings (SSSR count). The van der Waals surface area contributed by atoms with Gasteiger partial charge in [-0.1, -0.05) is 17.7 Å². The van der Waals surface area contributed by atoms with Crippen LogP contribution in [0, 0.1) is 11.7 Å². The second kappa shape index (κ2) is 5.65. The van der Waals surface area contributed by atoms with Gasteiger partial charge in [0.25, 0.3) is 0 Å². The number of nitrogens with two attached hydrogens (primary N) is 1. The van der Waals surface area contributed by atoms with Gasteiger partial charge in [-0.25, -0.2) is 4.39 Å². The van der Waals surface area contributed by atoms with E-state index in [4.69, 9.17) is 22.1 Å². The van der Waals surface area contributed by atoms with Crippen molar-refractivity contribution >= 4 is 27.5 Å². The molecule has 2 atom stereocenters. The topological polar surface area (TPSA) is 35.2 Å². The first-order chi connectivity index (χ1) is 8.11. The van der Waals surface area contributed by atoms with Gasteiger partial charge in [-0.2, -0.15) is 0 Å². The monoisotopic (exact) mass is 321 g/mol. The summed E-state index contributed by atoms with van der Waals surface area (Å²) in [4.78, 5) is 0. The van der Waals surface area contributed by atoms with Gasteiger partial charge in [-0.3, -0.25) is 0 Å². The van der Waals surface area contributed by atoms with Crippen molar-refractivity contribution in [2.45, 2.75) is 18.9 Å². The Morgan fingerprint density at radius 2 is 2.29 bits per heavy atom. The highest BCUT2D eigenvalue weighted by Crippen LogP contribution is 2.34. The first-order valence-electron chi connectivity index (χ1n) is 5.58. The van der Waals surface area contributed by atoms with Crippen molar-refractivity contribution in [3.63, 3.8) is 0 Å². The van der Waals surface area contributed by atoms with E-state index in [1.165, 1.54) is 0 Å². The molecule has 1 fully saturated rings. The zero-order valence-electron chi connectivity index (χ0n) is 9.26. The summed E-state index contributed by atoms with van der Waals surface area (Å²) in [5.41, 5.74) is 6.56. The lowest BCUT2D eigenvalue weighted by Gasteiger charge is -2.28. The maximum Gasteiger partial charge on any atom is 0.147 e. The summed E-state index contributed by atoms with van der Waals surface area (Å²) in [6.07, 6.45) is 1.94. The van der Waals surface area contributed by atoms with Crippen LogP contribution in [0.2, 0.25) is 5.02 Å². The zero-order valence-corrected chi connectivity index (χ0v) is 11.6. The molecule has 0 bridgehead atoms. The molecule has 1 aromatic carbocycles. The Hall–Kier alpha value is -0.160. The molecule has 0 spiro atoms. The summed E-state index contributed by atoms with van der Waals surface area (Å²) < 4.78 is 19.9. The smallest absolute Gasteiger partial charge is 0.147 e. The molecular weight excluding hydrogens is 308 g/mol. The Kier molecular flexibility index (Phi) is 4.42. The molecule has 1 heterocycles. The predicted octanol–water partition coefficient (Wildman–Crippen LogP) is 3.67.